The van der Waals surface area contributed by atoms with Crippen molar-refractivity contribution in [3.05, 3.63) is 88.4 Å². The van der Waals surface area contributed by atoms with Gasteiger partial charge in [0.2, 0.25) is 10.0 Å². The number of carbonyl (C=O) groups excluding carboxylic acids is 1. The van der Waals surface area contributed by atoms with E-state index in [9.17, 15) is 13.2 Å². The van der Waals surface area contributed by atoms with Crippen molar-refractivity contribution >= 4 is 33.2 Å². The lowest BCUT2D eigenvalue weighted by Crippen LogP contribution is -2.30. The number of nitrogens with one attached hydrogen (secondary N) is 1. The first-order chi connectivity index (χ1) is 16.2. The number of amides is 1. The molecule has 0 saturated heterocycles. The number of hydrogen-bond donors (Lipinski definition) is 1. The highest BCUT2D eigenvalue weighted by atomic mass is 35.5. The molecule has 0 aliphatic heterocycles. The van der Waals surface area contributed by atoms with Crippen LogP contribution in [0.5, 0.6) is 11.5 Å². The zero-order valence-corrected chi connectivity index (χ0v) is 20.8. The van der Waals surface area contributed by atoms with Crippen molar-refractivity contribution in [2.24, 2.45) is 0 Å². The summed E-state index contributed by atoms with van der Waals surface area (Å²) in [6.07, 6.45) is 1.16. The molecule has 0 radical (unpaired) electrons. The van der Waals surface area contributed by atoms with Crippen molar-refractivity contribution in [2.45, 2.75) is 13.5 Å². The van der Waals surface area contributed by atoms with Crippen LogP contribution in [0, 0.1) is 6.92 Å². The molecule has 3 aromatic carbocycles. The number of hydrogen-bond acceptors (Lipinski definition) is 5. The number of ether oxygens (including phenoxy) is 2. The van der Waals surface area contributed by atoms with Crippen molar-refractivity contribution < 1.29 is 22.7 Å². The monoisotopic (exact) mass is 502 g/mol. The molecule has 0 heterocycles. The molecule has 7 nitrogen and oxygen atoms in total. The van der Waals surface area contributed by atoms with Gasteiger partial charge in [-0.15, -0.1) is 0 Å². The molecule has 0 bridgehead atoms. The molecule has 3 aromatic rings. The fourth-order valence-corrected chi connectivity index (χ4v) is 4.28. The van der Waals surface area contributed by atoms with Gasteiger partial charge >= 0.3 is 0 Å². The molecule has 9 heteroatoms. The lowest BCUT2D eigenvalue weighted by Gasteiger charge is -2.25. The third-order valence-corrected chi connectivity index (χ3v) is 6.39. The molecule has 0 fully saturated rings. The summed E-state index contributed by atoms with van der Waals surface area (Å²) in [6.45, 7) is 2.64. The minimum atomic E-state index is -3.58. The maximum atomic E-state index is 12.5. The fourth-order valence-electron chi connectivity index (χ4n) is 3.27. The molecule has 0 atom stereocenters. The third-order valence-electron chi connectivity index (χ3n) is 5.02. The zero-order valence-electron chi connectivity index (χ0n) is 19.2. The third kappa shape index (κ3) is 6.88. The summed E-state index contributed by atoms with van der Waals surface area (Å²) in [4.78, 5) is 12.4. The Morgan fingerprint density at radius 2 is 1.71 bits per heavy atom. The van der Waals surface area contributed by atoms with Gasteiger partial charge in [-0.05, 0) is 66.6 Å². The zero-order chi connectivity index (χ0) is 24.7. The fraction of sp³-hybridized carbons (Fsp3) is 0.240. The van der Waals surface area contributed by atoms with Gasteiger partial charge in [0.25, 0.3) is 5.91 Å². The Kier molecular flexibility index (Phi) is 8.41. The number of sulfonamides is 1. The molecule has 1 N–H and O–H groups in total. The lowest BCUT2D eigenvalue weighted by atomic mass is 10.1. The first-order valence-corrected chi connectivity index (χ1v) is 12.8. The summed E-state index contributed by atoms with van der Waals surface area (Å²) in [5, 5.41) is 3.43. The van der Waals surface area contributed by atoms with Crippen LogP contribution in [-0.4, -0.2) is 40.8 Å². The van der Waals surface area contributed by atoms with Crippen molar-refractivity contribution in [2.75, 3.05) is 30.8 Å². The van der Waals surface area contributed by atoms with Gasteiger partial charge in [0.05, 0.1) is 32.1 Å². The minimum absolute atomic E-state index is 0.107. The summed E-state index contributed by atoms with van der Waals surface area (Å²) in [5.41, 5.74) is 2.58. The van der Waals surface area contributed by atoms with E-state index in [2.05, 4.69) is 5.32 Å². The van der Waals surface area contributed by atoms with Gasteiger partial charge < -0.3 is 14.8 Å². The number of rotatable bonds is 10. The van der Waals surface area contributed by atoms with E-state index in [0.717, 1.165) is 17.4 Å². The van der Waals surface area contributed by atoms with Gasteiger partial charge in [0.15, 0.2) is 0 Å². The SMILES string of the molecule is COc1ccc(C)cc1N(Cc1ccc(C(=O)NCCOc2ccc(Cl)cc2)cc1)S(C)(=O)=O. The van der Waals surface area contributed by atoms with Crippen LogP contribution in [0.2, 0.25) is 5.02 Å². The number of methoxy groups -OCH3 is 1. The number of halogens is 1. The summed E-state index contributed by atoms with van der Waals surface area (Å²) >= 11 is 5.84. The molecule has 3 rings (SSSR count). The molecule has 0 spiro atoms. The Balaban J connectivity index is 1.62. The van der Waals surface area contributed by atoms with Crippen molar-refractivity contribution in [3.63, 3.8) is 0 Å². The van der Waals surface area contributed by atoms with E-state index in [1.165, 1.54) is 11.4 Å². The summed E-state index contributed by atoms with van der Waals surface area (Å²) in [6, 6.07) is 19.2. The van der Waals surface area contributed by atoms with Crippen molar-refractivity contribution in [1.82, 2.24) is 5.32 Å². The Hall–Kier alpha value is -3.23. The highest BCUT2D eigenvalue weighted by Gasteiger charge is 2.22. The normalized spacial score (nSPS) is 11.1. The van der Waals surface area contributed by atoms with Crippen LogP contribution in [0.15, 0.2) is 66.7 Å². The highest BCUT2D eigenvalue weighted by molar-refractivity contribution is 7.92. The second-order valence-electron chi connectivity index (χ2n) is 7.70. The first-order valence-electron chi connectivity index (χ1n) is 10.6. The molecule has 1 amide bonds. The Morgan fingerprint density at radius 3 is 2.32 bits per heavy atom. The van der Waals surface area contributed by atoms with Crippen LogP contribution >= 0.6 is 11.6 Å². The molecule has 34 heavy (non-hydrogen) atoms. The number of carbonyl (C=O) groups is 1. The molecule has 0 aliphatic carbocycles. The van der Waals surface area contributed by atoms with Crippen molar-refractivity contribution in [1.29, 1.82) is 0 Å². The number of benzene rings is 3. The van der Waals surface area contributed by atoms with E-state index in [1.807, 2.05) is 13.0 Å². The van der Waals surface area contributed by atoms with Gasteiger partial charge in [-0.2, -0.15) is 0 Å². The van der Waals surface area contributed by atoms with Gasteiger partial charge in [-0.25, -0.2) is 8.42 Å². The van der Waals surface area contributed by atoms with E-state index in [-0.39, 0.29) is 12.5 Å². The topological polar surface area (TPSA) is 84.9 Å². The minimum Gasteiger partial charge on any atom is -0.495 e. The summed E-state index contributed by atoms with van der Waals surface area (Å²) in [5.74, 6) is 0.892. The van der Waals surface area contributed by atoms with Crippen LogP contribution in [0.25, 0.3) is 0 Å². The molecule has 180 valence electrons. The molecule has 0 aliphatic rings. The standard InChI is InChI=1S/C25H27ClN2O5S/c1-18-4-13-24(32-2)23(16-18)28(34(3,30)31)17-19-5-7-20(8-6-19)25(29)27-14-15-33-22-11-9-21(26)10-12-22/h4-13,16H,14-15,17H2,1-3H3,(H,27,29). The second-order valence-corrected chi connectivity index (χ2v) is 10.0. The van der Waals surface area contributed by atoms with E-state index in [1.54, 1.807) is 60.7 Å². The van der Waals surface area contributed by atoms with Gasteiger partial charge in [-0.1, -0.05) is 29.8 Å². The number of nitrogens with zero attached hydrogens (tertiary/aromatic N) is 1. The van der Waals surface area contributed by atoms with Gasteiger partial charge in [-0.3, -0.25) is 9.10 Å². The summed E-state index contributed by atoms with van der Waals surface area (Å²) < 4.78 is 37.3. The molecule has 0 unspecified atom stereocenters. The molecule has 0 saturated carbocycles. The Morgan fingerprint density at radius 1 is 1.03 bits per heavy atom. The maximum Gasteiger partial charge on any atom is 0.251 e. The van der Waals surface area contributed by atoms with Crippen molar-refractivity contribution in [3.8, 4) is 11.5 Å². The average molecular weight is 503 g/mol. The van der Waals surface area contributed by atoms with E-state index < -0.39 is 10.0 Å². The van der Waals surface area contributed by atoms with Crippen LogP contribution in [0.3, 0.4) is 0 Å². The van der Waals surface area contributed by atoms with Gasteiger partial charge in [0, 0.05) is 10.6 Å². The molecular weight excluding hydrogens is 476 g/mol. The largest absolute Gasteiger partial charge is 0.495 e. The van der Waals surface area contributed by atoms with Gasteiger partial charge in [0.1, 0.15) is 18.1 Å². The van der Waals surface area contributed by atoms with Crippen LogP contribution in [0.1, 0.15) is 21.5 Å². The smallest absolute Gasteiger partial charge is 0.251 e. The van der Waals surface area contributed by atoms with Crippen LogP contribution in [-0.2, 0) is 16.6 Å². The number of anilines is 1. The highest BCUT2D eigenvalue weighted by Crippen LogP contribution is 2.32. The molecular formula is C25H27ClN2O5S. The predicted molar refractivity (Wildman–Crippen MR) is 134 cm³/mol. The summed E-state index contributed by atoms with van der Waals surface area (Å²) in [7, 11) is -2.08. The Labute approximate surface area is 205 Å². The maximum absolute atomic E-state index is 12.5. The van der Waals surface area contributed by atoms with E-state index in [4.69, 9.17) is 21.1 Å². The second kappa shape index (κ2) is 11.3. The Bertz CT molecular complexity index is 1230. The predicted octanol–water partition coefficient (Wildman–Crippen LogP) is 4.43. The average Bonchev–Trinajstić information content (AvgIpc) is 2.81. The van der Waals surface area contributed by atoms with Crippen LogP contribution in [0.4, 0.5) is 5.69 Å². The lowest BCUT2D eigenvalue weighted by molar-refractivity contribution is 0.0947. The van der Waals surface area contributed by atoms with E-state index in [0.29, 0.717) is 40.9 Å². The van der Waals surface area contributed by atoms with E-state index >= 15 is 0 Å². The quantitative estimate of drug-likeness (QED) is 0.414. The first kappa shape index (κ1) is 25.4. The van der Waals surface area contributed by atoms with Crippen LogP contribution < -0.4 is 19.1 Å². The number of aryl methyl sites for hydroxylation is 1. The molecule has 0 aromatic heterocycles.